The number of halogens is 2. The molecule has 0 spiro atoms. The van der Waals surface area contributed by atoms with Crippen molar-refractivity contribution in [3.63, 3.8) is 0 Å². The highest BCUT2D eigenvalue weighted by atomic mass is 35.5. The quantitative estimate of drug-likeness (QED) is 0.801. The van der Waals surface area contributed by atoms with Crippen molar-refractivity contribution in [2.45, 2.75) is 6.17 Å². The van der Waals surface area contributed by atoms with Gasteiger partial charge in [-0.25, -0.2) is 5.32 Å². The second-order valence-corrected chi connectivity index (χ2v) is 7.63. The first-order valence-electron chi connectivity index (χ1n) is 9.11. The Bertz CT molecular complexity index is 729. The van der Waals surface area contributed by atoms with Crippen molar-refractivity contribution < 1.29 is 0 Å². The van der Waals surface area contributed by atoms with Gasteiger partial charge >= 0.3 is 0 Å². The summed E-state index contributed by atoms with van der Waals surface area (Å²) in [5.41, 5.74) is 2.36. The van der Waals surface area contributed by atoms with Gasteiger partial charge in [-0.05, 0) is 36.4 Å². The first-order chi connectivity index (χ1) is 12.7. The van der Waals surface area contributed by atoms with Gasteiger partial charge in [0.25, 0.3) is 0 Å². The molecule has 4 nitrogen and oxygen atoms in total. The van der Waals surface area contributed by atoms with E-state index in [-0.39, 0.29) is 6.17 Å². The molecule has 4 rings (SSSR count). The first kappa shape index (κ1) is 17.9. The first-order valence-corrected chi connectivity index (χ1v) is 9.87. The smallest absolute Gasteiger partial charge is 0.0940 e. The monoisotopic (exact) mass is 389 g/mol. The highest BCUT2D eigenvalue weighted by Gasteiger charge is 2.29. The number of piperazine rings is 2. The summed E-state index contributed by atoms with van der Waals surface area (Å²) in [6.45, 7) is 6.77. The Morgan fingerprint density at radius 1 is 0.808 bits per heavy atom. The number of hydrogen-bond acceptors (Lipinski definition) is 3. The molecule has 2 heterocycles. The van der Waals surface area contributed by atoms with Gasteiger partial charge in [-0.15, -0.1) is 0 Å². The number of nitrogens with zero attached hydrogens (tertiary/aromatic N) is 4. The van der Waals surface area contributed by atoms with Crippen molar-refractivity contribution in [3.8, 4) is 0 Å². The van der Waals surface area contributed by atoms with Crippen molar-refractivity contribution in [2.24, 2.45) is 0 Å². The van der Waals surface area contributed by atoms with E-state index in [4.69, 9.17) is 28.5 Å². The van der Waals surface area contributed by atoms with E-state index < -0.39 is 0 Å². The van der Waals surface area contributed by atoms with E-state index in [2.05, 4.69) is 32.9 Å². The minimum atomic E-state index is 0.243. The Hall–Kier alpha value is -1.46. The molecule has 2 aromatic carbocycles. The van der Waals surface area contributed by atoms with Crippen LogP contribution in [-0.4, -0.2) is 56.9 Å². The van der Waals surface area contributed by atoms with Crippen LogP contribution in [0.3, 0.4) is 0 Å². The number of hydrogen-bond donors (Lipinski definition) is 0. The summed E-state index contributed by atoms with van der Waals surface area (Å²) in [6.07, 6.45) is 0.243. The summed E-state index contributed by atoms with van der Waals surface area (Å²) in [6, 6.07) is 16.2. The maximum Gasteiger partial charge on any atom is 0.0940 e. The molecule has 0 saturated carbocycles. The lowest BCUT2D eigenvalue weighted by atomic mass is 10.2. The summed E-state index contributed by atoms with van der Waals surface area (Å²) >= 11 is 12.4. The van der Waals surface area contributed by atoms with Gasteiger partial charge in [-0.2, -0.15) is 0 Å². The molecule has 2 aromatic rings. The third-order valence-corrected chi connectivity index (χ3v) is 5.79. The second kappa shape index (κ2) is 8.05. The Morgan fingerprint density at radius 3 is 2.27 bits per heavy atom. The predicted molar refractivity (Wildman–Crippen MR) is 110 cm³/mol. The molecule has 26 heavy (non-hydrogen) atoms. The van der Waals surface area contributed by atoms with E-state index >= 15 is 0 Å². The molecule has 1 radical (unpaired) electrons. The van der Waals surface area contributed by atoms with Gasteiger partial charge in [0.1, 0.15) is 0 Å². The molecule has 2 aliphatic heterocycles. The lowest BCUT2D eigenvalue weighted by Gasteiger charge is -2.44. The molecule has 6 heteroatoms. The van der Waals surface area contributed by atoms with E-state index in [1.165, 1.54) is 5.69 Å². The molecule has 137 valence electrons. The average Bonchev–Trinajstić information content (AvgIpc) is 2.69. The molecular weight excluding hydrogens is 367 g/mol. The van der Waals surface area contributed by atoms with Crippen molar-refractivity contribution >= 4 is 34.6 Å². The maximum atomic E-state index is 6.39. The lowest BCUT2D eigenvalue weighted by molar-refractivity contribution is 0.145. The van der Waals surface area contributed by atoms with Gasteiger partial charge < -0.3 is 9.80 Å². The van der Waals surface area contributed by atoms with E-state index in [0.717, 1.165) is 61.5 Å². The molecule has 1 atom stereocenters. The zero-order valence-corrected chi connectivity index (χ0v) is 16.2. The van der Waals surface area contributed by atoms with Crippen LogP contribution < -0.4 is 15.1 Å². The van der Waals surface area contributed by atoms with Gasteiger partial charge in [0.15, 0.2) is 0 Å². The minimum absolute atomic E-state index is 0.243. The molecule has 2 aliphatic rings. The van der Waals surface area contributed by atoms with Gasteiger partial charge in [0.2, 0.25) is 0 Å². The summed E-state index contributed by atoms with van der Waals surface area (Å²) in [4.78, 5) is 7.28. The van der Waals surface area contributed by atoms with E-state index in [9.17, 15) is 0 Å². The Balaban J connectivity index is 1.37. The van der Waals surface area contributed by atoms with Crippen LogP contribution in [0.1, 0.15) is 0 Å². The third-order valence-electron chi connectivity index (χ3n) is 5.21. The molecule has 2 saturated heterocycles. The minimum Gasteiger partial charge on any atom is -0.369 e. The Labute approximate surface area is 165 Å². The molecule has 0 bridgehead atoms. The fourth-order valence-electron chi connectivity index (χ4n) is 3.76. The van der Waals surface area contributed by atoms with Crippen LogP contribution in [0.25, 0.3) is 0 Å². The van der Waals surface area contributed by atoms with E-state index in [0.29, 0.717) is 0 Å². The topological polar surface area (TPSA) is 23.8 Å². The molecular formula is C20H23Cl2N4. The molecule has 0 aromatic heterocycles. The van der Waals surface area contributed by atoms with Crippen molar-refractivity contribution in [2.75, 3.05) is 55.6 Å². The van der Waals surface area contributed by atoms with Crippen LogP contribution in [-0.2, 0) is 0 Å². The highest BCUT2D eigenvalue weighted by Crippen LogP contribution is 2.27. The lowest BCUT2D eigenvalue weighted by Crippen LogP contribution is -2.60. The molecule has 0 amide bonds. The number of para-hydroxylation sites is 1. The van der Waals surface area contributed by atoms with Gasteiger partial charge in [0, 0.05) is 56.5 Å². The number of rotatable bonds is 3. The molecule has 0 aliphatic carbocycles. The predicted octanol–water partition coefficient (Wildman–Crippen LogP) is 3.57. The van der Waals surface area contributed by atoms with Crippen LogP contribution in [0.5, 0.6) is 0 Å². The molecule has 1 unspecified atom stereocenters. The maximum absolute atomic E-state index is 6.39. The summed E-state index contributed by atoms with van der Waals surface area (Å²) in [5, 5.41) is 6.48. The fraction of sp³-hybridized carbons (Fsp3) is 0.400. The standard InChI is InChI=1S/C20H23Cl2N4/c21-16-5-7-17(8-6-16)24-11-13-25(14-12-24)20-15-26(10-9-23-20)19-4-2-1-3-18(19)22/h1-8,20H,9-15H2. The van der Waals surface area contributed by atoms with E-state index in [1.807, 2.05) is 30.3 Å². The highest BCUT2D eigenvalue weighted by molar-refractivity contribution is 6.33. The SMILES string of the molecule is Clc1ccc(N2CCN(C3CN(c4ccccc4Cl)CC[N]3)CC2)cc1. The summed E-state index contributed by atoms with van der Waals surface area (Å²) < 4.78 is 0. The third kappa shape index (κ3) is 3.94. The molecule has 0 N–H and O–H groups in total. The van der Waals surface area contributed by atoms with Crippen molar-refractivity contribution in [1.82, 2.24) is 10.2 Å². The fourth-order valence-corrected chi connectivity index (χ4v) is 4.14. The van der Waals surface area contributed by atoms with Crippen LogP contribution in [0.15, 0.2) is 48.5 Å². The second-order valence-electron chi connectivity index (χ2n) is 6.78. The number of anilines is 2. The van der Waals surface area contributed by atoms with Crippen molar-refractivity contribution in [1.29, 1.82) is 0 Å². The molecule has 2 fully saturated rings. The summed E-state index contributed by atoms with van der Waals surface area (Å²) in [7, 11) is 0. The Morgan fingerprint density at radius 2 is 1.54 bits per heavy atom. The van der Waals surface area contributed by atoms with Gasteiger partial charge in [-0.1, -0.05) is 35.3 Å². The van der Waals surface area contributed by atoms with Crippen LogP contribution >= 0.6 is 23.2 Å². The largest absolute Gasteiger partial charge is 0.369 e. The number of benzene rings is 2. The zero-order valence-electron chi connectivity index (χ0n) is 14.7. The van der Waals surface area contributed by atoms with Gasteiger partial charge in [-0.3, -0.25) is 4.90 Å². The van der Waals surface area contributed by atoms with Crippen LogP contribution in [0.4, 0.5) is 11.4 Å². The Kier molecular flexibility index (Phi) is 5.55. The van der Waals surface area contributed by atoms with Crippen LogP contribution in [0, 0.1) is 0 Å². The van der Waals surface area contributed by atoms with Crippen molar-refractivity contribution in [3.05, 3.63) is 58.6 Å². The summed E-state index contributed by atoms with van der Waals surface area (Å²) in [5.74, 6) is 0. The zero-order chi connectivity index (χ0) is 17.9. The average molecular weight is 390 g/mol. The van der Waals surface area contributed by atoms with Crippen LogP contribution in [0.2, 0.25) is 10.0 Å². The van der Waals surface area contributed by atoms with E-state index in [1.54, 1.807) is 0 Å². The normalized spacial score (nSPS) is 21.8. The van der Waals surface area contributed by atoms with Gasteiger partial charge in [0.05, 0.1) is 16.9 Å².